The molecule has 0 saturated carbocycles. The lowest BCUT2D eigenvalue weighted by molar-refractivity contribution is 0.489. The van der Waals surface area contributed by atoms with Crippen molar-refractivity contribution in [3.8, 4) is 5.69 Å². The Morgan fingerprint density at radius 1 is 1.21 bits per heavy atom. The summed E-state index contributed by atoms with van der Waals surface area (Å²) in [4.78, 5) is 4.07. The van der Waals surface area contributed by atoms with E-state index in [0.29, 0.717) is 18.2 Å². The second kappa shape index (κ2) is 5.48. The third-order valence-corrected chi connectivity index (χ3v) is 3.23. The van der Waals surface area contributed by atoms with Crippen molar-refractivity contribution in [2.75, 3.05) is 6.54 Å². The second-order valence-corrected chi connectivity index (χ2v) is 4.90. The van der Waals surface area contributed by atoms with Gasteiger partial charge in [0.2, 0.25) is 0 Å². The van der Waals surface area contributed by atoms with Crippen LogP contribution in [0.15, 0.2) is 30.7 Å². The average molecular weight is 265 g/mol. The molecule has 0 bridgehead atoms. The van der Waals surface area contributed by atoms with Crippen LogP contribution >= 0.6 is 0 Å². The van der Waals surface area contributed by atoms with Crippen LogP contribution in [-0.4, -0.2) is 16.1 Å². The molecule has 0 fully saturated rings. The third kappa shape index (κ3) is 2.81. The minimum Gasteiger partial charge on any atom is -0.330 e. The SMILES string of the molecule is CC(C)C(CN)c1cncn1-c1cc(F)cc(F)c1. The van der Waals surface area contributed by atoms with Crippen molar-refractivity contribution in [2.45, 2.75) is 19.8 Å². The van der Waals surface area contributed by atoms with Gasteiger partial charge in [0.15, 0.2) is 0 Å². The molecule has 0 saturated heterocycles. The first-order valence-corrected chi connectivity index (χ1v) is 6.21. The van der Waals surface area contributed by atoms with Crippen LogP contribution in [0.2, 0.25) is 0 Å². The van der Waals surface area contributed by atoms with Crippen molar-refractivity contribution in [3.05, 3.63) is 48.1 Å². The van der Waals surface area contributed by atoms with E-state index >= 15 is 0 Å². The summed E-state index contributed by atoms with van der Waals surface area (Å²) < 4.78 is 28.3. The van der Waals surface area contributed by atoms with Gasteiger partial charge in [-0.05, 0) is 18.1 Å². The molecule has 1 unspecified atom stereocenters. The molecule has 0 amide bonds. The molecule has 0 spiro atoms. The second-order valence-electron chi connectivity index (χ2n) is 4.90. The van der Waals surface area contributed by atoms with E-state index in [0.717, 1.165) is 11.8 Å². The normalized spacial score (nSPS) is 12.9. The Balaban J connectivity index is 2.49. The Bertz CT molecular complexity index is 543. The van der Waals surface area contributed by atoms with E-state index in [4.69, 9.17) is 5.73 Å². The van der Waals surface area contributed by atoms with Crippen LogP contribution in [0.25, 0.3) is 5.69 Å². The zero-order chi connectivity index (χ0) is 14.0. The van der Waals surface area contributed by atoms with Crippen LogP contribution in [0, 0.1) is 17.6 Å². The Hall–Kier alpha value is -1.75. The molecule has 1 aromatic heterocycles. The Morgan fingerprint density at radius 2 is 1.84 bits per heavy atom. The van der Waals surface area contributed by atoms with E-state index in [9.17, 15) is 8.78 Å². The topological polar surface area (TPSA) is 43.8 Å². The summed E-state index contributed by atoms with van der Waals surface area (Å²) in [6, 6.07) is 3.41. The molecule has 0 aliphatic heterocycles. The molecule has 102 valence electrons. The van der Waals surface area contributed by atoms with Gasteiger partial charge in [0.05, 0.1) is 12.0 Å². The summed E-state index contributed by atoms with van der Waals surface area (Å²) in [7, 11) is 0. The summed E-state index contributed by atoms with van der Waals surface area (Å²) in [5.74, 6) is -0.806. The Kier molecular flexibility index (Phi) is 3.95. The zero-order valence-corrected chi connectivity index (χ0v) is 11.0. The van der Waals surface area contributed by atoms with Crippen LogP contribution in [0.4, 0.5) is 8.78 Å². The number of benzene rings is 1. The van der Waals surface area contributed by atoms with Crippen LogP contribution in [0.1, 0.15) is 25.5 Å². The monoisotopic (exact) mass is 265 g/mol. The van der Waals surface area contributed by atoms with Gasteiger partial charge in [-0.15, -0.1) is 0 Å². The molecular weight excluding hydrogens is 248 g/mol. The summed E-state index contributed by atoms with van der Waals surface area (Å²) in [5.41, 5.74) is 7.07. The highest BCUT2D eigenvalue weighted by Crippen LogP contribution is 2.26. The number of imidazole rings is 1. The molecule has 2 rings (SSSR count). The number of rotatable bonds is 4. The predicted molar refractivity (Wildman–Crippen MR) is 70.1 cm³/mol. The molecule has 1 atom stereocenters. The third-order valence-electron chi connectivity index (χ3n) is 3.23. The van der Waals surface area contributed by atoms with E-state index in [-0.39, 0.29) is 5.92 Å². The van der Waals surface area contributed by atoms with Crippen LogP contribution < -0.4 is 5.73 Å². The maximum Gasteiger partial charge on any atom is 0.128 e. The quantitative estimate of drug-likeness (QED) is 0.923. The lowest BCUT2D eigenvalue weighted by atomic mass is 9.93. The van der Waals surface area contributed by atoms with E-state index in [1.807, 2.05) is 0 Å². The molecule has 0 aliphatic carbocycles. The molecule has 1 aromatic carbocycles. The first-order valence-electron chi connectivity index (χ1n) is 6.21. The molecule has 5 heteroatoms. The highest BCUT2D eigenvalue weighted by atomic mass is 19.1. The van der Waals surface area contributed by atoms with Gasteiger partial charge in [-0.1, -0.05) is 13.8 Å². The fraction of sp³-hybridized carbons (Fsp3) is 0.357. The van der Waals surface area contributed by atoms with Crippen LogP contribution in [-0.2, 0) is 0 Å². The minimum absolute atomic E-state index is 0.0915. The van der Waals surface area contributed by atoms with Crippen molar-refractivity contribution in [1.29, 1.82) is 0 Å². The molecule has 19 heavy (non-hydrogen) atoms. The summed E-state index contributed by atoms with van der Waals surface area (Å²) in [6.07, 6.45) is 3.24. The van der Waals surface area contributed by atoms with Gasteiger partial charge in [0, 0.05) is 30.4 Å². The Labute approximate surface area is 111 Å². The van der Waals surface area contributed by atoms with E-state index in [1.54, 1.807) is 17.1 Å². The highest BCUT2D eigenvalue weighted by molar-refractivity contribution is 5.35. The van der Waals surface area contributed by atoms with Crippen molar-refractivity contribution < 1.29 is 8.78 Å². The molecule has 2 aromatic rings. The fourth-order valence-corrected chi connectivity index (χ4v) is 2.21. The predicted octanol–water partition coefficient (Wildman–Crippen LogP) is 2.85. The minimum atomic E-state index is -0.608. The number of hydrogen-bond acceptors (Lipinski definition) is 2. The van der Waals surface area contributed by atoms with Crippen molar-refractivity contribution in [2.24, 2.45) is 11.7 Å². The molecule has 2 N–H and O–H groups in total. The van der Waals surface area contributed by atoms with E-state index in [2.05, 4.69) is 18.8 Å². The van der Waals surface area contributed by atoms with Crippen molar-refractivity contribution in [1.82, 2.24) is 9.55 Å². The van der Waals surface area contributed by atoms with Gasteiger partial charge in [0.1, 0.15) is 11.6 Å². The largest absolute Gasteiger partial charge is 0.330 e. The standard InChI is InChI=1S/C14H17F2N3/c1-9(2)13(6-17)14-7-18-8-19(14)12-4-10(15)3-11(16)5-12/h3-5,7-9,13H,6,17H2,1-2H3. The van der Waals surface area contributed by atoms with E-state index < -0.39 is 11.6 Å². The van der Waals surface area contributed by atoms with Crippen LogP contribution in [0.5, 0.6) is 0 Å². The maximum absolute atomic E-state index is 13.3. The number of nitrogens with two attached hydrogens (primary N) is 1. The van der Waals surface area contributed by atoms with Gasteiger partial charge in [0.25, 0.3) is 0 Å². The average Bonchev–Trinajstić information content (AvgIpc) is 2.77. The first-order chi connectivity index (χ1) is 9.02. The van der Waals surface area contributed by atoms with Gasteiger partial charge in [-0.25, -0.2) is 13.8 Å². The smallest absolute Gasteiger partial charge is 0.128 e. The molecule has 3 nitrogen and oxygen atoms in total. The van der Waals surface area contributed by atoms with Gasteiger partial charge in [-0.2, -0.15) is 0 Å². The summed E-state index contributed by atoms with van der Waals surface area (Å²) in [5, 5.41) is 0. The summed E-state index contributed by atoms with van der Waals surface area (Å²) in [6.45, 7) is 4.57. The number of aromatic nitrogens is 2. The van der Waals surface area contributed by atoms with Gasteiger partial charge >= 0.3 is 0 Å². The van der Waals surface area contributed by atoms with Gasteiger partial charge in [-0.3, -0.25) is 0 Å². The lowest BCUT2D eigenvalue weighted by Gasteiger charge is -2.20. The zero-order valence-electron chi connectivity index (χ0n) is 11.0. The maximum atomic E-state index is 13.3. The fourth-order valence-electron chi connectivity index (χ4n) is 2.21. The number of hydrogen-bond donors (Lipinski definition) is 1. The van der Waals surface area contributed by atoms with Crippen molar-refractivity contribution in [3.63, 3.8) is 0 Å². The molecule has 0 radical (unpaired) electrons. The molecular formula is C14H17F2N3. The van der Waals surface area contributed by atoms with Crippen LogP contribution in [0.3, 0.4) is 0 Å². The molecule has 0 aliphatic rings. The Morgan fingerprint density at radius 3 is 2.37 bits per heavy atom. The lowest BCUT2D eigenvalue weighted by Crippen LogP contribution is -2.20. The summed E-state index contributed by atoms with van der Waals surface area (Å²) >= 11 is 0. The highest BCUT2D eigenvalue weighted by Gasteiger charge is 2.19. The number of nitrogens with zero attached hydrogens (tertiary/aromatic N) is 2. The van der Waals surface area contributed by atoms with E-state index in [1.165, 1.54) is 12.1 Å². The first kappa shape index (κ1) is 13.7. The van der Waals surface area contributed by atoms with Gasteiger partial charge < -0.3 is 10.3 Å². The van der Waals surface area contributed by atoms with Crippen molar-refractivity contribution >= 4 is 0 Å². The molecule has 1 heterocycles. The number of halogens is 2.